The van der Waals surface area contributed by atoms with Crippen molar-refractivity contribution in [2.75, 3.05) is 26.8 Å². The Kier molecular flexibility index (Phi) is 3.24. The average molecular weight is 277 g/mol. The third-order valence-electron chi connectivity index (χ3n) is 6.28. The van der Waals surface area contributed by atoms with Gasteiger partial charge < -0.3 is 9.64 Å². The zero-order valence-corrected chi connectivity index (χ0v) is 13.1. The van der Waals surface area contributed by atoms with Crippen molar-refractivity contribution in [2.45, 2.75) is 39.5 Å². The van der Waals surface area contributed by atoms with Gasteiger partial charge in [-0.25, -0.2) is 0 Å². The van der Waals surface area contributed by atoms with Crippen molar-refractivity contribution in [1.82, 2.24) is 4.90 Å². The summed E-state index contributed by atoms with van der Waals surface area (Å²) in [5, 5.41) is 0. The van der Waals surface area contributed by atoms with Crippen LogP contribution < -0.4 is 0 Å². The Bertz CT molecular complexity index is 442. The SMILES string of the molecule is C=C1C(C)(C)[C@H]2CC[C@]1(C(=O)N1CC[C@H](COC)C1)C2. The largest absolute Gasteiger partial charge is 0.384 e. The van der Waals surface area contributed by atoms with Crippen LogP contribution in [-0.2, 0) is 9.53 Å². The van der Waals surface area contributed by atoms with Crippen LogP contribution in [0.25, 0.3) is 0 Å². The molecule has 1 amide bonds. The second-order valence-corrected chi connectivity index (χ2v) is 7.58. The molecule has 3 fully saturated rings. The van der Waals surface area contributed by atoms with Gasteiger partial charge in [-0.1, -0.05) is 26.0 Å². The first-order valence-corrected chi connectivity index (χ1v) is 7.90. The number of carbonyl (C=O) groups excluding carboxylic acids is 1. The molecule has 3 rings (SSSR count). The highest BCUT2D eigenvalue weighted by Gasteiger charge is 2.61. The molecule has 1 aliphatic heterocycles. The van der Waals surface area contributed by atoms with Gasteiger partial charge in [-0.15, -0.1) is 0 Å². The Hall–Kier alpha value is -0.830. The molecule has 1 saturated heterocycles. The highest BCUT2D eigenvalue weighted by molar-refractivity contribution is 5.88. The van der Waals surface area contributed by atoms with Crippen LogP contribution in [0.3, 0.4) is 0 Å². The predicted molar refractivity (Wildman–Crippen MR) is 79.3 cm³/mol. The normalized spacial score (nSPS) is 38.8. The lowest BCUT2D eigenvalue weighted by atomic mass is 9.68. The van der Waals surface area contributed by atoms with Gasteiger partial charge in [0, 0.05) is 26.1 Å². The van der Waals surface area contributed by atoms with Crippen LogP contribution in [0.5, 0.6) is 0 Å². The van der Waals surface area contributed by atoms with E-state index in [1.165, 1.54) is 12.0 Å². The second-order valence-electron chi connectivity index (χ2n) is 7.58. The molecule has 0 radical (unpaired) electrons. The van der Waals surface area contributed by atoms with Crippen molar-refractivity contribution in [3.8, 4) is 0 Å². The van der Waals surface area contributed by atoms with Crippen LogP contribution in [-0.4, -0.2) is 37.6 Å². The molecule has 1 heterocycles. The van der Waals surface area contributed by atoms with E-state index in [1.54, 1.807) is 7.11 Å². The van der Waals surface area contributed by atoms with E-state index < -0.39 is 0 Å². The molecule has 3 nitrogen and oxygen atoms in total. The monoisotopic (exact) mass is 277 g/mol. The smallest absolute Gasteiger partial charge is 0.232 e. The number of rotatable bonds is 3. The number of likely N-dealkylation sites (tertiary alicyclic amines) is 1. The van der Waals surface area contributed by atoms with E-state index >= 15 is 0 Å². The molecule has 2 aliphatic carbocycles. The molecular weight excluding hydrogens is 250 g/mol. The molecule has 3 atom stereocenters. The quantitative estimate of drug-likeness (QED) is 0.742. The van der Waals surface area contributed by atoms with Gasteiger partial charge in [0.2, 0.25) is 5.91 Å². The summed E-state index contributed by atoms with van der Waals surface area (Å²) < 4.78 is 5.24. The van der Waals surface area contributed by atoms with Crippen LogP contribution >= 0.6 is 0 Å². The van der Waals surface area contributed by atoms with Crippen LogP contribution in [0.2, 0.25) is 0 Å². The fourth-order valence-corrected chi connectivity index (χ4v) is 4.81. The number of nitrogens with zero attached hydrogens (tertiary/aromatic N) is 1. The van der Waals surface area contributed by atoms with E-state index in [4.69, 9.17) is 4.74 Å². The Morgan fingerprint density at radius 3 is 2.80 bits per heavy atom. The molecule has 0 aromatic heterocycles. The molecule has 0 aromatic rings. The maximum absolute atomic E-state index is 13.1. The molecule has 3 heteroatoms. The van der Waals surface area contributed by atoms with E-state index in [1.807, 2.05) is 0 Å². The predicted octanol–water partition coefficient (Wildman–Crippen LogP) is 2.86. The maximum atomic E-state index is 13.1. The molecule has 2 bridgehead atoms. The summed E-state index contributed by atoms with van der Waals surface area (Å²) >= 11 is 0. The van der Waals surface area contributed by atoms with Gasteiger partial charge in [-0.3, -0.25) is 4.79 Å². The third kappa shape index (κ3) is 1.78. The van der Waals surface area contributed by atoms with E-state index in [0.717, 1.165) is 39.0 Å². The summed E-state index contributed by atoms with van der Waals surface area (Å²) in [7, 11) is 1.74. The summed E-state index contributed by atoms with van der Waals surface area (Å²) in [5.74, 6) is 1.52. The Labute approximate surface area is 122 Å². The van der Waals surface area contributed by atoms with Crippen molar-refractivity contribution >= 4 is 5.91 Å². The number of carbonyl (C=O) groups is 1. The number of hydrogen-bond acceptors (Lipinski definition) is 2. The summed E-state index contributed by atoms with van der Waals surface area (Å²) in [6.45, 7) is 11.4. The van der Waals surface area contributed by atoms with Gasteiger partial charge in [0.25, 0.3) is 0 Å². The number of amides is 1. The highest BCUT2D eigenvalue weighted by atomic mass is 16.5. The number of methoxy groups -OCH3 is 1. The molecule has 0 spiro atoms. The van der Waals surface area contributed by atoms with Gasteiger partial charge >= 0.3 is 0 Å². The molecule has 0 unspecified atom stereocenters. The van der Waals surface area contributed by atoms with Gasteiger partial charge in [0.05, 0.1) is 12.0 Å². The standard InChI is InChI=1S/C17H27NO2/c1-12-16(2,3)14-5-7-17(12,9-14)15(19)18-8-6-13(10-18)11-20-4/h13-14H,1,5-11H2,2-4H3/t13-,14-,17-/m0/s1. The Balaban J connectivity index is 1.77. The summed E-state index contributed by atoms with van der Waals surface area (Å²) in [6.07, 6.45) is 4.31. The molecule has 0 aromatic carbocycles. The molecule has 112 valence electrons. The fraction of sp³-hybridized carbons (Fsp3) is 0.824. The number of ether oxygens (including phenoxy) is 1. The highest BCUT2D eigenvalue weighted by Crippen LogP contribution is 2.66. The van der Waals surface area contributed by atoms with Crippen molar-refractivity contribution in [3.05, 3.63) is 12.2 Å². The minimum absolute atomic E-state index is 0.138. The maximum Gasteiger partial charge on any atom is 0.232 e. The molecule has 0 N–H and O–H groups in total. The van der Waals surface area contributed by atoms with Crippen molar-refractivity contribution in [2.24, 2.45) is 22.7 Å². The lowest BCUT2D eigenvalue weighted by Gasteiger charge is -2.39. The topological polar surface area (TPSA) is 29.5 Å². The minimum Gasteiger partial charge on any atom is -0.384 e. The molecule has 3 aliphatic rings. The number of hydrogen-bond donors (Lipinski definition) is 0. The lowest BCUT2D eigenvalue weighted by Crippen LogP contribution is -2.43. The first-order chi connectivity index (χ1) is 9.41. The molecule has 2 saturated carbocycles. The first kappa shape index (κ1) is 14.1. The molecule has 20 heavy (non-hydrogen) atoms. The van der Waals surface area contributed by atoms with Gasteiger partial charge in [-0.05, 0) is 37.0 Å². The van der Waals surface area contributed by atoms with Gasteiger partial charge in [-0.2, -0.15) is 0 Å². The van der Waals surface area contributed by atoms with Crippen molar-refractivity contribution in [3.63, 3.8) is 0 Å². The fourth-order valence-electron chi connectivity index (χ4n) is 4.81. The van der Waals surface area contributed by atoms with Crippen molar-refractivity contribution < 1.29 is 9.53 Å². The minimum atomic E-state index is -0.240. The van der Waals surface area contributed by atoms with Crippen LogP contribution in [0, 0.1) is 22.7 Å². The van der Waals surface area contributed by atoms with E-state index in [-0.39, 0.29) is 10.8 Å². The van der Waals surface area contributed by atoms with E-state index in [0.29, 0.717) is 17.7 Å². The van der Waals surface area contributed by atoms with Gasteiger partial charge in [0.15, 0.2) is 0 Å². The first-order valence-electron chi connectivity index (χ1n) is 7.90. The lowest BCUT2D eigenvalue weighted by molar-refractivity contribution is -0.138. The number of fused-ring (bicyclic) bond motifs is 2. The van der Waals surface area contributed by atoms with E-state index in [2.05, 4.69) is 25.3 Å². The Morgan fingerprint density at radius 2 is 2.20 bits per heavy atom. The molecular formula is C17H27NO2. The van der Waals surface area contributed by atoms with Crippen molar-refractivity contribution in [1.29, 1.82) is 0 Å². The van der Waals surface area contributed by atoms with Crippen LogP contribution in [0.15, 0.2) is 12.2 Å². The summed E-state index contributed by atoms with van der Waals surface area (Å²) in [6, 6.07) is 0. The van der Waals surface area contributed by atoms with Gasteiger partial charge in [0.1, 0.15) is 0 Å². The average Bonchev–Trinajstić information content (AvgIpc) is 3.07. The zero-order chi connectivity index (χ0) is 14.5. The van der Waals surface area contributed by atoms with Crippen LogP contribution in [0.4, 0.5) is 0 Å². The van der Waals surface area contributed by atoms with E-state index in [9.17, 15) is 4.79 Å². The summed E-state index contributed by atoms with van der Waals surface area (Å²) in [4.78, 5) is 15.2. The van der Waals surface area contributed by atoms with Crippen LogP contribution in [0.1, 0.15) is 39.5 Å². The Morgan fingerprint density at radius 1 is 1.45 bits per heavy atom. The summed E-state index contributed by atoms with van der Waals surface area (Å²) in [5.41, 5.74) is 1.09. The zero-order valence-electron chi connectivity index (χ0n) is 13.1. The second kappa shape index (κ2) is 4.59. The third-order valence-corrected chi connectivity index (χ3v) is 6.28.